The third-order valence-electron chi connectivity index (χ3n) is 3.47. The number of hydrogen-bond acceptors (Lipinski definition) is 6. The molecule has 24 heavy (non-hydrogen) atoms. The normalized spacial score (nSPS) is 10.0. The molecule has 7 heteroatoms. The largest absolute Gasteiger partial charge is 0.395 e. The standard InChI is InChI=1S/C17H16N6O/c1-11(2)17-22-14-7-13(3-4-16(14)23(17)5-6-24)21-15(10-20)12(8-18)9-19/h3-4,7,11,21,24H,5-6H2,1-2H3. The van der Waals surface area contributed by atoms with Gasteiger partial charge in [-0.15, -0.1) is 0 Å². The van der Waals surface area contributed by atoms with E-state index >= 15 is 0 Å². The van der Waals surface area contributed by atoms with E-state index in [9.17, 15) is 5.11 Å². The number of nitriles is 3. The van der Waals surface area contributed by atoms with Crippen LogP contribution in [0.5, 0.6) is 0 Å². The summed E-state index contributed by atoms with van der Waals surface area (Å²) in [4.78, 5) is 4.59. The fourth-order valence-corrected chi connectivity index (χ4v) is 2.43. The molecule has 0 unspecified atom stereocenters. The van der Waals surface area contributed by atoms with Gasteiger partial charge < -0.3 is 15.0 Å². The fourth-order valence-electron chi connectivity index (χ4n) is 2.43. The molecule has 1 aromatic heterocycles. The molecule has 0 bridgehead atoms. The lowest BCUT2D eigenvalue weighted by Gasteiger charge is -2.09. The number of aromatic nitrogens is 2. The van der Waals surface area contributed by atoms with Gasteiger partial charge in [-0.2, -0.15) is 15.8 Å². The topological polar surface area (TPSA) is 121 Å². The van der Waals surface area contributed by atoms with E-state index in [1.807, 2.05) is 30.6 Å². The van der Waals surface area contributed by atoms with Crippen LogP contribution in [0, 0.1) is 34.0 Å². The Kier molecular flexibility index (Phi) is 5.16. The van der Waals surface area contributed by atoms with Crippen LogP contribution < -0.4 is 5.32 Å². The van der Waals surface area contributed by atoms with Gasteiger partial charge in [0, 0.05) is 18.2 Å². The molecule has 0 saturated carbocycles. The highest BCUT2D eigenvalue weighted by atomic mass is 16.3. The molecule has 2 N–H and O–H groups in total. The average Bonchev–Trinajstić information content (AvgIpc) is 2.93. The molecule has 7 nitrogen and oxygen atoms in total. The van der Waals surface area contributed by atoms with Crippen LogP contribution >= 0.6 is 0 Å². The van der Waals surface area contributed by atoms with Gasteiger partial charge in [-0.25, -0.2) is 4.98 Å². The van der Waals surface area contributed by atoms with Crippen molar-refractivity contribution in [2.75, 3.05) is 11.9 Å². The number of fused-ring (bicyclic) bond motifs is 1. The molecule has 0 spiro atoms. The Balaban J connectivity index is 2.50. The van der Waals surface area contributed by atoms with Crippen molar-refractivity contribution in [3.05, 3.63) is 35.3 Å². The minimum absolute atomic E-state index is 0.0141. The van der Waals surface area contributed by atoms with Gasteiger partial charge in [-0.1, -0.05) is 13.8 Å². The minimum atomic E-state index is -0.272. The Labute approximate surface area is 139 Å². The number of aliphatic hydroxyl groups excluding tert-OH is 1. The quantitative estimate of drug-likeness (QED) is 0.816. The molecule has 2 aromatic rings. The zero-order valence-electron chi connectivity index (χ0n) is 13.4. The van der Waals surface area contributed by atoms with Crippen molar-refractivity contribution in [3.63, 3.8) is 0 Å². The van der Waals surface area contributed by atoms with Gasteiger partial charge in [-0.05, 0) is 18.2 Å². The van der Waals surface area contributed by atoms with Crippen LogP contribution in [0.15, 0.2) is 29.5 Å². The number of hydrogen-bond donors (Lipinski definition) is 2. The van der Waals surface area contributed by atoms with Crippen LogP contribution in [-0.4, -0.2) is 21.3 Å². The molecule has 0 fully saturated rings. The highest BCUT2D eigenvalue weighted by molar-refractivity contribution is 5.81. The van der Waals surface area contributed by atoms with Gasteiger partial charge in [0.05, 0.1) is 17.6 Å². The third-order valence-corrected chi connectivity index (χ3v) is 3.47. The third kappa shape index (κ3) is 3.20. The van der Waals surface area contributed by atoms with Crippen molar-refractivity contribution in [1.82, 2.24) is 9.55 Å². The first kappa shape index (κ1) is 17.0. The highest BCUT2D eigenvalue weighted by Crippen LogP contribution is 2.25. The van der Waals surface area contributed by atoms with Gasteiger partial charge in [0.1, 0.15) is 29.7 Å². The number of rotatable bonds is 5. The van der Waals surface area contributed by atoms with Crippen LogP contribution in [0.2, 0.25) is 0 Å². The fraction of sp³-hybridized carbons (Fsp3) is 0.294. The molecule has 0 atom stereocenters. The lowest BCUT2D eigenvalue weighted by molar-refractivity contribution is 0.275. The van der Waals surface area contributed by atoms with Crippen LogP contribution in [-0.2, 0) is 6.54 Å². The molecule has 0 amide bonds. The predicted octanol–water partition coefficient (Wildman–Crippen LogP) is 2.39. The number of aliphatic hydroxyl groups is 1. The van der Waals surface area contributed by atoms with Gasteiger partial charge in [-0.3, -0.25) is 0 Å². The molecular weight excluding hydrogens is 304 g/mol. The van der Waals surface area contributed by atoms with Crippen molar-refractivity contribution in [2.24, 2.45) is 0 Å². The Morgan fingerprint density at radius 1 is 1.25 bits per heavy atom. The Morgan fingerprint density at radius 3 is 2.50 bits per heavy atom. The summed E-state index contributed by atoms with van der Waals surface area (Å²) in [7, 11) is 0. The van der Waals surface area contributed by atoms with Crippen molar-refractivity contribution in [3.8, 4) is 18.2 Å². The lowest BCUT2D eigenvalue weighted by atomic mass is 10.2. The number of benzene rings is 1. The number of nitrogens with zero attached hydrogens (tertiary/aromatic N) is 5. The van der Waals surface area contributed by atoms with E-state index in [1.54, 1.807) is 24.3 Å². The summed E-state index contributed by atoms with van der Waals surface area (Å²) in [6.07, 6.45) is 0. The number of imidazole rings is 1. The van der Waals surface area contributed by atoms with Crippen molar-refractivity contribution < 1.29 is 5.11 Å². The highest BCUT2D eigenvalue weighted by Gasteiger charge is 2.14. The number of anilines is 1. The molecule has 0 saturated heterocycles. The lowest BCUT2D eigenvalue weighted by Crippen LogP contribution is -2.08. The van der Waals surface area contributed by atoms with E-state index in [0.717, 1.165) is 11.3 Å². The maximum absolute atomic E-state index is 9.26. The molecular formula is C17H16N6O. The molecule has 0 aliphatic carbocycles. The molecule has 1 aromatic carbocycles. The Bertz CT molecular complexity index is 901. The van der Waals surface area contributed by atoms with Crippen LogP contribution in [0.25, 0.3) is 11.0 Å². The molecule has 1 heterocycles. The van der Waals surface area contributed by atoms with Gasteiger partial charge in [0.2, 0.25) is 0 Å². The van der Waals surface area contributed by atoms with Crippen LogP contribution in [0.4, 0.5) is 5.69 Å². The number of allylic oxidation sites excluding steroid dienone is 2. The summed E-state index contributed by atoms with van der Waals surface area (Å²) in [5.74, 6) is 1.06. The van der Waals surface area contributed by atoms with Crippen molar-refractivity contribution in [2.45, 2.75) is 26.3 Å². The zero-order valence-corrected chi connectivity index (χ0v) is 13.4. The van der Waals surface area contributed by atoms with E-state index in [0.29, 0.717) is 17.7 Å². The molecule has 120 valence electrons. The van der Waals surface area contributed by atoms with Crippen molar-refractivity contribution >= 4 is 16.7 Å². The monoisotopic (exact) mass is 320 g/mol. The summed E-state index contributed by atoms with van der Waals surface area (Å²) in [6.45, 7) is 4.51. The molecule has 0 aliphatic heterocycles. The summed E-state index contributed by atoms with van der Waals surface area (Å²) < 4.78 is 1.96. The maximum atomic E-state index is 9.26. The summed E-state index contributed by atoms with van der Waals surface area (Å²) >= 11 is 0. The second-order valence-electron chi connectivity index (χ2n) is 5.41. The summed E-state index contributed by atoms with van der Waals surface area (Å²) in [5, 5.41) is 38.9. The first-order chi connectivity index (χ1) is 11.5. The zero-order chi connectivity index (χ0) is 17.7. The summed E-state index contributed by atoms with van der Waals surface area (Å²) in [6, 6.07) is 10.5. The Morgan fingerprint density at radius 2 is 1.96 bits per heavy atom. The SMILES string of the molecule is CC(C)c1nc2cc(NC(C#N)=C(C#N)C#N)ccc2n1CCO. The van der Waals surface area contributed by atoms with Gasteiger partial charge in [0.15, 0.2) is 5.57 Å². The first-order valence-corrected chi connectivity index (χ1v) is 7.38. The second-order valence-corrected chi connectivity index (χ2v) is 5.41. The minimum Gasteiger partial charge on any atom is -0.395 e. The Hall–Kier alpha value is -3.34. The van der Waals surface area contributed by atoms with Crippen molar-refractivity contribution in [1.29, 1.82) is 15.8 Å². The maximum Gasteiger partial charge on any atom is 0.163 e. The van der Waals surface area contributed by atoms with Gasteiger partial charge >= 0.3 is 0 Å². The van der Waals surface area contributed by atoms with Crippen LogP contribution in [0.3, 0.4) is 0 Å². The van der Waals surface area contributed by atoms with E-state index < -0.39 is 0 Å². The number of nitrogens with one attached hydrogen (secondary N) is 1. The first-order valence-electron chi connectivity index (χ1n) is 7.38. The smallest absolute Gasteiger partial charge is 0.163 e. The molecule has 2 rings (SSSR count). The van der Waals surface area contributed by atoms with Crippen LogP contribution in [0.1, 0.15) is 25.6 Å². The van der Waals surface area contributed by atoms with E-state index in [-0.39, 0.29) is 23.8 Å². The van der Waals surface area contributed by atoms with Gasteiger partial charge in [0.25, 0.3) is 0 Å². The van der Waals surface area contributed by atoms with E-state index in [4.69, 9.17) is 15.8 Å². The molecule has 0 radical (unpaired) electrons. The second kappa shape index (κ2) is 7.28. The molecule has 0 aliphatic rings. The average molecular weight is 320 g/mol. The van der Waals surface area contributed by atoms with E-state index in [1.165, 1.54) is 0 Å². The summed E-state index contributed by atoms with van der Waals surface area (Å²) in [5.41, 5.74) is 1.78. The van der Waals surface area contributed by atoms with E-state index in [2.05, 4.69) is 10.3 Å². The predicted molar refractivity (Wildman–Crippen MR) is 88.4 cm³/mol.